The van der Waals surface area contributed by atoms with E-state index >= 15 is 0 Å². The lowest BCUT2D eigenvalue weighted by Crippen LogP contribution is -2.66. The minimum atomic E-state index is -1.77. The number of fused-ring (bicyclic) bond motifs is 3. The fraction of sp³-hybridized carbons (Fsp3) is 0.391. The number of hydrogen-bond acceptors (Lipinski definition) is 6. The van der Waals surface area contributed by atoms with Gasteiger partial charge in [-0.3, -0.25) is 9.59 Å². The summed E-state index contributed by atoms with van der Waals surface area (Å²) in [5, 5.41) is 31.4. The van der Waals surface area contributed by atoms with Crippen molar-refractivity contribution < 1.29 is 29.6 Å². The predicted octanol–water partition coefficient (Wildman–Crippen LogP) is 3.36. The van der Waals surface area contributed by atoms with Gasteiger partial charge < -0.3 is 20.1 Å². The standard InChI is InChI=1S/C23H26O6/c1-5-6-7-8-17(25)19-15-12-14(13-9-10-16(24)18(11-13)29-4)22(2,20(19)26)21(27)23(15,3)28/h5-11,14-15,24-25,28H,12H2,1-4H3/b6-5+,8-7+,19-17+/t14?,15?,22-,23?/m1/s1. The van der Waals surface area contributed by atoms with E-state index in [9.17, 15) is 24.9 Å². The highest BCUT2D eigenvalue weighted by molar-refractivity contribution is 6.21. The molecule has 1 aromatic carbocycles. The number of aromatic hydroxyl groups is 1. The number of hydrogen-bond donors (Lipinski definition) is 3. The van der Waals surface area contributed by atoms with E-state index in [1.165, 1.54) is 33.1 Å². The van der Waals surface area contributed by atoms with Gasteiger partial charge in [-0.05, 0) is 51.0 Å². The van der Waals surface area contributed by atoms with Gasteiger partial charge in [0.1, 0.15) is 11.4 Å². The highest BCUT2D eigenvalue weighted by atomic mass is 16.5. The monoisotopic (exact) mass is 398 g/mol. The number of carbonyl (C=O) groups excluding carboxylic acids is 2. The minimum Gasteiger partial charge on any atom is -0.508 e. The maximum atomic E-state index is 13.4. The zero-order valence-electron chi connectivity index (χ0n) is 17.0. The lowest BCUT2D eigenvalue weighted by molar-refractivity contribution is -0.170. The molecule has 0 spiro atoms. The third-order valence-corrected chi connectivity index (χ3v) is 6.28. The Bertz CT molecular complexity index is 952. The van der Waals surface area contributed by atoms with Crippen LogP contribution in [0.2, 0.25) is 0 Å². The van der Waals surface area contributed by atoms with E-state index in [1.54, 1.807) is 30.4 Å². The molecule has 3 saturated carbocycles. The van der Waals surface area contributed by atoms with E-state index in [2.05, 4.69) is 0 Å². The summed E-state index contributed by atoms with van der Waals surface area (Å²) in [5.41, 5.74) is -2.57. The zero-order chi connectivity index (χ0) is 21.6. The first-order valence-electron chi connectivity index (χ1n) is 9.52. The van der Waals surface area contributed by atoms with Gasteiger partial charge in [0.15, 0.2) is 23.1 Å². The van der Waals surface area contributed by atoms with Gasteiger partial charge in [-0.15, -0.1) is 0 Å². The van der Waals surface area contributed by atoms with Crippen LogP contribution < -0.4 is 4.74 Å². The van der Waals surface area contributed by atoms with Gasteiger partial charge >= 0.3 is 0 Å². The fourth-order valence-corrected chi connectivity index (χ4v) is 4.66. The number of carbonyl (C=O) groups is 2. The number of ketones is 2. The normalized spacial score (nSPS) is 33.7. The van der Waals surface area contributed by atoms with Crippen molar-refractivity contribution in [3.8, 4) is 11.5 Å². The first-order valence-corrected chi connectivity index (χ1v) is 9.52. The molecular formula is C23H26O6. The van der Waals surface area contributed by atoms with Crippen LogP contribution in [0, 0.1) is 11.3 Å². The molecule has 0 aliphatic heterocycles. The Morgan fingerprint density at radius 1 is 1.21 bits per heavy atom. The molecule has 2 bridgehead atoms. The largest absolute Gasteiger partial charge is 0.508 e. The number of phenols is 1. The molecule has 0 radical (unpaired) electrons. The van der Waals surface area contributed by atoms with Gasteiger partial charge in [0.25, 0.3) is 0 Å². The van der Waals surface area contributed by atoms with Crippen LogP contribution in [0.4, 0.5) is 0 Å². The molecule has 3 unspecified atom stereocenters. The third kappa shape index (κ3) is 2.99. The Morgan fingerprint density at radius 2 is 1.90 bits per heavy atom. The summed E-state index contributed by atoms with van der Waals surface area (Å²) < 4.78 is 5.16. The van der Waals surface area contributed by atoms with E-state index in [0.29, 0.717) is 12.0 Å². The summed E-state index contributed by atoms with van der Waals surface area (Å²) in [5.74, 6) is -2.44. The Balaban J connectivity index is 2.16. The van der Waals surface area contributed by atoms with E-state index < -0.39 is 34.4 Å². The number of rotatable bonds is 4. The van der Waals surface area contributed by atoms with Gasteiger partial charge in [0, 0.05) is 17.4 Å². The Kier molecular flexibility index (Phi) is 5.17. The molecule has 29 heavy (non-hydrogen) atoms. The third-order valence-electron chi connectivity index (χ3n) is 6.28. The van der Waals surface area contributed by atoms with E-state index in [4.69, 9.17) is 4.74 Å². The second-order valence-corrected chi connectivity index (χ2v) is 7.96. The second kappa shape index (κ2) is 7.19. The van der Waals surface area contributed by atoms with Crippen LogP contribution in [0.1, 0.15) is 38.7 Å². The van der Waals surface area contributed by atoms with Crippen LogP contribution in [0.5, 0.6) is 11.5 Å². The average Bonchev–Trinajstić information content (AvgIpc) is 2.68. The van der Waals surface area contributed by atoms with Gasteiger partial charge in [-0.25, -0.2) is 0 Å². The summed E-state index contributed by atoms with van der Waals surface area (Å²) in [6.45, 7) is 4.75. The lowest BCUT2D eigenvalue weighted by Gasteiger charge is -2.55. The molecule has 0 saturated heterocycles. The second-order valence-electron chi connectivity index (χ2n) is 7.96. The number of aliphatic hydroxyl groups excluding tert-OH is 1. The number of methoxy groups -OCH3 is 1. The maximum absolute atomic E-state index is 13.4. The Hall–Kier alpha value is -2.86. The number of benzene rings is 1. The predicted molar refractivity (Wildman–Crippen MR) is 108 cm³/mol. The summed E-state index contributed by atoms with van der Waals surface area (Å²) in [7, 11) is 1.42. The van der Waals surface area contributed by atoms with Gasteiger partial charge in [0.2, 0.25) is 0 Å². The van der Waals surface area contributed by atoms with Crippen molar-refractivity contribution in [2.24, 2.45) is 11.3 Å². The molecule has 3 fully saturated rings. The van der Waals surface area contributed by atoms with Crippen molar-refractivity contribution in [2.75, 3.05) is 7.11 Å². The van der Waals surface area contributed by atoms with Crippen LogP contribution in [0.25, 0.3) is 0 Å². The molecule has 154 valence electrons. The van der Waals surface area contributed by atoms with Gasteiger partial charge in [-0.2, -0.15) is 0 Å². The highest BCUT2D eigenvalue weighted by Crippen LogP contribution is 2.60. The molecule has 3 N–H and O–H groups in total. The number of Topliss-reactive ketones (excluding diaryl/α,β-unsaturated/α-hetero) is 2. The van der Waals surface area contributed by atoms with Crippen LogP contribution in [-0.2, 0) is 9.59 Å². The fourth-order valence-electron chi connectivity index (χ4n) is 4.66. The maximum Gasteiger partial charge on any atom is 0.178 e. The van der Waals surface area contributed by atoms with Crippen molar-refractivity contribution in [1.29, 1.82) is 0 Å². The minimum absolute atomic E-state index is 0.0423. The van der Waals surface area contributed by atoms with Crippen molar-refractivity contribution in [2.45, 2.75) is 38.7 Å². The highest BCUT2D eigenvalue weighted by Gasteiger charge is 2.68. The average molecular weight is 398 g/mol. The SMILES string of the molecule is C/C=C/C=C/C(O)=C1\C(=O)[C@]2(C)C(=O)C(C)(O)C1CC2c1ccc(O)c(OC)c1. The topological polar surface area (TPSA) is 104 Å². The van der Waals surface area contributed by atoms with Crippen molar-refractivity contribution in [3.05, 3.63) is 59.4 Å². The van der Waals surface area contributed by atoms with Crippen molar-refractivity contribution >= 4 is 11.6 Å². The number of phenolic OH excluding ortho intramolecular Hbond substituents is 1. The van der Waals surface area contributed by atoms with Gasteiger partial charge in [0.05, 0.1) is 12.5 Å². The number of aliphatic hydroxyl groups is 2. The first kappa shape index (κ1) is 20.9. The van der Waals surface area contributed by atoms with Crippen LogP contribution in [-0.4, -0.2) is 39.6 Å². The number of allylic oxidation sites excluding steroid dienone is 4. The molecule has 4 rings (SSSR count). The molecule has 3 aliphatic rings. The molecule has 0 aromatic heterocycles. The smallest absolute Gasteiger partial charge is 0.178 e. The molecule has 4 atom stereocenters. The molecule has 6 heteroatoms. The summed E-state index contributed by atoms with van der Waals surface area (Å²) in [4.78, 5) is 26.6. The summed E-state index contributed by atoms with van der Waals surface area (Å²) in [6, 6.07) is 4.72. The molecular weight excluding hydrogens is 372 g/mol. The van der Waals surface area contributed by atoms with E-state index in [0.717, 1.165) is 0 Å². The van der Waals surface area contributed by atoms with Crippen LogP contribution in [0.15, 0.2) is 53.8 Å². The first-order chi connectivity index (χ1) is 13.6. The number of ether oxygens (including phenoxy) is 1. The van der Waals surface area contributed by atoms with E-state index in [1.807, 2.05) is 6.92 Å². The lowest BCUT2D eigenvalue weighted by atomic mass is 9.46. The van der Waals surface area contributed by atoms with Crippen molar-refractivity contribution in [3.63, 3.8) is 0 Å². The van der Waals surface area contributed by atoms with Crippen LogP contribution in [0.3, 0.4) is 0 Å². The quantitative estimate of drug-likeness (QED) is 0.311. The van der Waals surface area contributed by atoms with Crippen LogP contribution >= 0.6 is 0 Å². The van der Waals surface area contributed by atoms with Gasteiger partial charge in [-0.1, -0.05) is 24.3 Å². The molecule has 6 nitrogen and oxygen atoms in total. The molecule has 1 aromatic rings. The molecule has 0 heterocycles. The summed E-state index contributed by atoms with van der Waals surface area (Å²) >= 11 is 0. The molecule has 0 amide bonds. The van der Waals surface area contributed by atoms with Crippen molar-refractivity contribution in [1.82, 2.24) is 0 Å². The molecule has 3 aliphatic carbocycles. The Labute approximate surface area is 169 Å². The van der Waals surface area contributed by atoms with E-state index in [-0.39, 0.29) is 22.8 Å². The zero-order valence-corrected chi connectivity index (χ0v) is 17.0. The Morgan fingerprint density at radius 3 is 2.52 bits per heavy atom. The summed E-state index contributed by atoms with van der Waals surface area (Å²) in [6.07, 6.45) is 6.78.